The van der Waals surface area contributed by atoms with Crippen LogP contribution in [-0.4, -0.2) is 194 Å². The summed E-state index contributed by atoms with van der Waals surface area (Å²) < 4.78 is 30.3. The Morgan fingerprint density at radius 3 is 1.56 bits per heavy atom. The van der Waals surface area contributed by atoms with Crippen LogP contribution in [0.1, 0.15) is 96.8 Å². The number of fused-ring (bicyclic) bond motifs is 6. The fourth-order valence-electron chi connectivity index (χ4n) is 10.3. The third kappa shape index (κ3) is 27.1. The Labute approximate surface area is 594 Å². The second-order valence-electron chi connectivity index (χ2n) is 23.1. The number of hydrogen-bond acceptors (Lipinski definition) is 22. The minimum Gasteiger partial charge on any atom is -0.508 e. The van der Waals surface area contributed by atoms with E-state index in [1.165, 1.54) is 47.8 Å². The van der Waals surface area contributed by atoms with E-state index < -0.39 is 40.8 Å². The molecule has 3 aliphatic rings. The summed E-state index contributed by atoms with van der Waals surface area (Å²) in [5.74, 6) is 6.66. The van der Waals surface area contributed by atoms with Crippen LogP contribution in [0.4, 0.5) is 0 Å². The summed E-state index contributed by atoms with van der Waals surface area (Å²) in [4.78, 5) is 110. The van der Waals surface area contributed by atoms with E-state index in [9.17, 15) is 43.8 Å². The Balaban J connectivity index is 0.00000287. The number of benzene rings is 3. The summed E-state index contributed by atoms with van der Waals surface area (Å²) in [5, 5.41) is 35.8. The molecule has 0 radical (unpaired) electrons. The zero-order valence-electron chi connectivity index (χ0n) is 55.4. The minimum atomic E-state index is -1.36. The van der Waals surface area contributed by atoms with Crippen LogP contribution in [-0.2, 0) is 64.6 Å². The number of esters is 1. The molecule has 0 saturated carbocycles. The van der Waals surface area contributed by atoms with Crippen LogP contribution in [0.3, 0.4) is 0 Å². The summed E-state index contributed by atoms with van der Waals surface area (Å²) >= 11 is 8.44. The molecule has 6 rings (SSSR count). The first-order chi connectivity index (χ1) is 47.9. The topological polar surface area (TPSA) is 495 Å². The number of nitrogens with two attached hydrogens (primary N) is 7. The van der Waals surface area contributed by atoms with Crippen molar-refractivity contribution in [3.05, 3.63) is 82.4 Å². The molecule has 100 heavy (non-hydrogen) atoms. The zero-order valence-corrected chi connectivity index (χ0v) is 57.9. The average molecular weight is 1440 g/mol. The van der Waals surface area contributed by atoms with Crippen LogP contribution in [0.5, 0.6) is 23.0 Å². The largest absolute Gasteiger partial charge is 0.508 e. The number of ketones is 1. The van der Waals surface area contributed by atoms with Crippen LogP contribution < -0.4 is 66.1 Å². The van der Waals surface area contributed by atoms with E-state index in [0.717, 1.165) is 29.7 Å². The predicted octanol–water partition coefficient (Wildman–Crippen LogP) is 0.702. The maximum absolute atomic E-state index is 13.9. The average Bonchev–Trinajstić information content (AvgIpc) is 1.49. The number of guanidine groups is 3. The van der Waals surface area contributed by atoms with Gasteiger partial charge in [0, 0.05) is 115 Å². The highest BCUT2D eigenvalue weighted by molar-refractivity contribution is 8.02. The van der Waals surface area contributed by atoms with Crippen molar-refractivity contribution in [1.29, 1.82) is 0 Å². The van der Waals surface area contributed by atoms with Gasteiger partial charge in [-0.05, 0) is 83.7 Å². The molecule has 1 fully saturated rings. The standard InChI is InChI=1S/C61H85N15O15S3.C6H2/c62-55(85)60(75-53(83)6-4-2-1-3-5-43(92)25-38-7-10-45-44(26-38)54(84)91-61(45)46-11-8-40(77)27-48(46)90-49-28-41(78)9-12-47(49)61)36-93-31-39(32-94-37-60)76-89-30-42(79)29-59(33-86-22-13-50(80)69-16-19-72-56(63)64,34-87-23-14-51(81)70-17-20-73-57(65)66)35-88-24-15-52(82)71-18-21-74-58(67)68;1-3-5-6-4-2/h7-12,26-28,77-78H,1-6,13-25,29-37H2,(H2,62,85)(H,69,80)(H,70,81)(H,71,82)(H,75,83)(H4,63,64,72)(H4,65,66,73)(H4,67,68,74);1-2H. The van der Waals surface area contributed by atoms with E-state index in [0.29, 0.717) is 58.7 Å². The molecule has 0 bridgehead atoms. The Bertz CT molecular complexity index is 3460. The molecule has 1 spiro atoms. The van der Waals surface area contributed by atoms with E-state index in [-0.39, 0.29) is 187 Å². The molecular weight excluding hydrogens is 1350 g/mol. The summed E-state index contributed by atoms with van der Waals surface area (Å²) in [6.07, 6.45) is 13.1. The Kier molecular flexibility index (Phi) is 34.1. The Morgan fingerprint density at radius 2 is 1.10 bits per heavy atom. The monoisotopic (exact) mass is 1440 g/mol. The first-order valence-electron chi connectivity index (χ1n) is 31.7. The SMILES string of the molecule is C#CC#CC#C.NC(=O)C1(NC(=O)CCCCCCC(=S)Cc2ccc3c(c2)C(=O)OC32c3ccc(O)cc3Oc3cc(O)ccc32)CSCC(=NOCC(=O)CC(COCCC(=O)NCCN=C(N)N)(COCCC(=O)NCCN=C(N)N)COCCC(=O)NCCN=C(N)N)CSC1. The number of aliphatic imine (C=N–C) groups is 3. The van der Waals surface area contributed by atoms with Gasteiger partial charge in [-0.1, -0.05) is 42.3 Å². The number of ether oxygens (including phenoxy) is 5. The third-order valence-corrected chi connectivity index (χ3v) is 17.8. The number of phenols is 2. The van der Waals surface area contributed by atoms with Crippen molar-refractivity contribution in [2.75, 3.05) is 109 Å². The van der Waals surface area contributed by atoms with Crippen LogP contribution in [0.15, 0.2) is 74.7 Å². The van der Waals surface area contributed by atoms with Crippen molar-refractivity contribution in [3.63, 3.8) is 0 Å². The second-order valence-corrected chi connectivity index (χ2v) is 25.6. The van der Waals surface area contributed by atoms with E-state index in [2.05, 4.69) is 65.1 Å². The molecule has 0 atom stereocenters. The number of phenolic OH excluding ortho intramolecular Hbond substituents is 2. The van der Waals surface area contributed by atoms with Gasteiger partial charge in [-0.25, -0.2) is 4.79 Å². The number of thioether (sulfide) groups is 2. The summed E-state index contributed by atoms with van der Waals surface area (Å²) in [7, 11) is 0. The molecule has 3 aliphatic heterocycles. The van der Waals surface area contributed by atoms with E-state index in [4.69, 9.17) is 93.7 Å². The van der Waals surface area contributed by atoms with Crippen LogP contribution in [0.2, 0.25) is 0 Å². The van der Waals surface area contributed by atoms with Gasteiger partial charge in [0.2, 0.25) is 29.5 Å². The lowest BCUT2D eigenvalue weighted by Crippen LogP contribution is -2.61. The van der Waals surface area contributed by atoms with E-state index in [1.54, 1.807) is 18.2 Å². The smallest absolute Gasteiger partial charge is 0.340 e. The molecule has 33 heteroatoms. The number of carbonyl (C=O) groups is 7. The normalized spacial score (nSPS) is 14.5. The predicted molar refractivity (Wildman–Crippen MR) is 385 cm³/mol. The van der Waals surface area contributed by atoms with Crippen molar-refractivity contribution in [3.8, 4) is 59.5 Å². The minimum absolute atomic E-state index is 0.0360. The number of carbonyl (C=O) groups excluding carboxylic acids is 7. The Hall–Kier alpha value is -9.82. The maximum atomic E-state index is 13.9. The van der Waals surface area contributed by atoms with E-state index in [1.807, 2.05) is 12.1 Å². The molecule has 3 aromatic rings. The molecule has 0 aromatic heterocycles. The first-order valence-corrected chi connectivity index (χ1v) is 34.4. The molecule has 30 nitrogen and oxygen atoms in total. The van der Waals surface area contributed by atoms with Crippen molar-refractivity contribution < 1.29 is 72.3 Å². The van der Waals surface area contributed by atoms with Gasteiger partial charge in [-0.2, -0.15) is 23.5 Å². The number of amides is 5. The molecule has 3 aromatic carbocycles. The molecule has 0 unspecified atom stereocenters. The number of hydrogen-bond donors (Lipinski definition) is 13. The first kappa shape index (κ1) is 80.9. The summed E-state index contributed by atoms with van der Waals surface area (Å²) in [6.45, 7) is -0.130. The number of oxime groups is 1. The van der Waals surface area contributed by atoms with Crippen molar-refractivity contribution in [1.82, 2.24) is 21.3 Å². The number of unbranched alkanes of at least 4 members (excludes halogenated alkanes) is 3. The van der Waals surface area contributed by atoms with Gasteiger partial charge >= 0.3 is 5.97 Å². The molecule has 0 aliphatic carbocycles. The molecule has 3 heterocycles. The quantitative estimate of drug-likeness (QED) is 0.00709. The van der Waals surface area contributed by atoms with Crippen LogP contribution in [0, 0.1) is 41.9 Å². The molecule has 1 saturated heterocycles. The van der Waals surface area contributed by atoms with Crippen LogP contribution >= 0.6 is 35.7 Å². The number of aromatic hydroxyl groups is 2. The van der Waals surface area contributed by atoms with Gasteiger partial charge in [-0.3, -0.25) is 43.7 Å². The van der Waals surface area contributed by atoms with Gasteiger partial charge in [0.05, 0.1) is 70.6 Å². The summed E-state index contributed by atoms with van der Waals surface area (Å²) in [5.41, 5.74) is 37.7. The number of nitrogens with zero attached hydrogens (tertiary/aromatic N) is 4. The zero-order chi connectivity index (χ0) is 72.9. The fourth-order valence-corrected chi connectivity index (χ4v) is 13.2. The number of primary amides is 1. The number of terminal acetylenes is 2. The van der Waals surface area contributed by atoms with E-state index >= 15 is 0 Å². The third-order valence-electron chi connectivity index (χ3n) is 15.0. The van der Waals surface area contributed by atoms with Gasteiger partial charge in [0.15, 0.2) is 35.9 Å². The molecule has 5 amide bonds. The molecule has 20 N–H and O–H groups in total. The van der Waals surface area contributed by atoms with Gasteiger partial charge < -0.3 is 100 Å². The van der Waals surface area contributed by atoms with Gasteiger partial charge in [0.25, 0.3) is 0 Å². The highest BCUT2D eigenvalue weighted by atomic mass is 32.2. The highest BCUT2D eigenvalue weighted by Crippen LogP contribution is 2.57. The lowest BCUT2D eigenvalue weighted by Gasteiger charge is -2.36. The van der Waals surface area contributed by atoms with Crippen molar-refractivity contribution in [2.24, 2.45) is 65.7 Å². The highest BCUT2D eigenvalue weighted by Gasteiger charge is 2.54. The maximum Gasteiger partial charge on any atom is 0.340 e. The molecular formula is C67H87N15O15S3. The van der Waals surface area contributed by atoms with Crippen molar-refractivity contribution in [2.45, 2.75) is 81.8 Å². The fraction of sp³-hybridized carbons (Fsp3) is 0.463. The number of thiocarbonyl (C=S) groups is 1. The number of rotatable bonds is 40. The second kappa shape index (κ2) is 42.2. The lowest BCUT2D eigenvalue weighted by molar-refractivity contribution is -0.135. The Morgan fingerprint density at radius 1 is 0.630 bits per heavy atom. The van der Waals surface area contributed by atoms with Crippen molar-refractivity contribution >= 4 is 105 Å². The van der Waals surface area contributed by atoms with Gasteiger partial charge in [0.1, 0.15) is 28.5 Å². The number of Topliss-reactive ketones (excluding diaryl/α,β-unsaturated/α-hetero) is 1. The molecule has 538 valence electrons. The number of nitrogens with one attached hydrogen (secondary N) is 4. The van der Waals surface area contributed by atoms with Crippen LogP contribution in [0.25, 0.3) is 0 Å². The summed E-state index contributed by atoms with van der Waals surface area (Å²) in [6, 6.07) is 14.7. The lowest BCUT2D eigenvalue weighted by atomic mass is 9.77. The van der Waals surface area contributed by atoms with Gasteiger partial charge in [-0.15, -0.1) is 12.8 Å².